The second kappa shape index (κ2) is 5.92. The number of hydrogen-bond acceptors (Lipinski definition) is 4. The predicted molar refractivity (Wildman–Crippen MR) is 76.9 cm³/mol. The van der Waals surface area contributed by atoms with Crippen molar-refractivity contribution in [1.82, 2.24) is 10.3 Å². The van der Waals surface area contributed by atoms with Crippen molar-refractivity contribution in [3.8, 4) is 11.5 Å². The lowest BCUT2D eigenvalue weighted by Crippen LogP contribution is -2.26. The van der Waals surface area contributed by atoms with Crippen LogP contribution in [0.25, 0.3) is 0 Å². The maximum Gasteiger partial charge on any atom is 0.127 e. The summed E-state index contributed by atoms with van der Waals surface area (Å²) in [5, 5.41) is 3.57. The summed E-state index contributed by atoms with van der Waals surface area (Å²) in [5.74, 6) is 1.75. The van der Waals surface area contributed by atoms with Gasteiger partial charge in [-0.25, -0.2) is 0 Å². The van der Waals surface area contributed by atoms with Gasteiger partial charge in [0.25, 0.3) is 0 Å². The van der Waals surface area contributed by atoms with Crippen LogP contribution in [0.2, 0.25) is 0 Å². The Kier molecular flexibility index (Phi) is 3.83. The zero-order valence-corrected chi connectivity index (χ0v) is 11.5. The third kappa shape index (κ3) is 2.75. The summed E-state index contributed by atoms with van der Waals surface area (Å²) in [5.41, 5.74) is 2.38. The van der Waals surface area contributed by atoms with Crippen molar-refractivity contribution in [2.45, 2.75) is 19.0 Å². The fourth-order valence-electron chi connectivity index (χ4n) is 2.45. The van der Waals surface area contributed by atoms with E-state index in [1.165, 1.54) is 11.1 Å². The highest BCUT2D eigenvalue weighted by atomic mass is 16.5. The number of pyridine rings is 1. The van der Waals surface area contributed by atoms with Crippen LogP contribution in [-0.2, 0) is 6.54 Å². The van der Waals surface area contributed by atoms with Gasteiger partial charge in [-0.05, 0) is 17.7 Å². The van der Waals surface area contributed by atoms with E-state index >= 15 is 0 Å². The van der Waals surface area contributed by atoms with E-state index in [2.05, 4.69) is 22.4 Å². The number of nitrogens with one attached hydrogen (secondary N) is 1. The largest absolute Gasteiger partial charge is 0.497 e. The van der Waals surface area contributed by atoms with Crippen molar-refractivity contribution >= 4 is 0 Å². The molecule has 1 atom stereocenters. The highest BCUT2D eigenvalue weighted by molar-refractivity contribution is 5.43. The molecule has 1 unspecified atom stereocenters. The average Bonchev–Trinajstić information content (AvgIpc) is 2.53. The quantitative estimate of drug-likeness (QED) is 0.927. The molecule has 2 heterocycles. The fourth-order valence-corrected chi connectivity index (χ4v) is 2.45. The summed E-state index contributed by atoms with van der Waals surface area (Å²) in [6.07, 6.45) is 4.65. The average molecular weight is 270 g/mol. The molecular weight excluding hydrogens is 252 g/mol. The molecule has 1 aromatic heterocycles. The van der Waals surface area contributed by atoms with Crippen molar-refractivity contribution in [3.63, 3.8) is 0 Å². The molecule has 1 N–H and O–H groups in total. The van der Waals surface area contributed by atoms with Gasteiger partial charge in [-0.2, -0.15) is 0 Å². The van der Waals surface area contributed by atoms with Gasteiger partial charge in [0, 0.05) is 43.0 Å². The van der Waals surface area contributed by atoms with E-state index in [1.54, 1.807) is 13.3 Å². The molecule has 0 fully saturated rings. The number of aromatic nitrogens is 1. The van der Waals surface area contributed by atoms with Crippen LogP contribution in [0.4, 0.5) is 0 Å². The highest BCUT2D eigenvalue weighted by Gasteiger charge is 2.21. The Balaban J connectivity index is 1.73. The molecule has 1 aliphatic rings. The Morgan fingerprint density at radius 2 is 2.35 bits per heavy atom. The summed E-state index contributed by atoms with van der Waals surface area (Å²) < 4.78 is 11.0. The topological polar surface area (TPSA) is 43.4 Å². The lowest BCUT2D eigenvalue weighted by molar-refractivity contribution is 0.250. The van der Waals surface area contributed by atoms with E-state index in [0.717, 1.165) is 31.1 Å². The number of ether oxygens (including phenoxy) is 2. The number of rotatable bonds is 4. The van der Waals surface area contributed by atoms with Gasteiger partial charge in [0.05, 0.1) is 13.7 Å². The minimum absolute atomic E-state index is 0.310. The van der Waals surface area contributed by atoms with Gasteiger partial charge < -0.3 is 14.8 Å². The molecule has 0 saturated carbocycles. The Morgan fingerprint density at radius 3 is 3.15 bits per heavy atom. The standard InChI is InChI=1S/C16H18N2O2/c1-19-13-4-5-14-15(6-8-20-16(14)9-13)18-11-12-3-2-7-17-10-12/h2-5,7,9-10,15,18H,6,8,11H2,1H3. The molecule has 0 aliphatic carbocycles. The number of benzene rings is 1. The summed E-state index contributed by atoms with van der Waals surface area (Å²) in [6.45, 7) is 1.54. The summed E-state index contributed by atoms with van der Waals surface area (Å²) in [4.78, 5) is 4.13. The maximum atomic E-state index is 5.72. The van der Waals surface area contributed by atoms with Crippen LogP contribution in [0.15, 0.2) is 42.7 Å². The van der Waals surface area contributed by atoms with E-state index in [-0.39, 0.29) is 0 Å². The van der Waals surface area contributed by atoms with E-state index in [4.69, 9.17) is 9.47 Å². The molecule has 4 nitrogen and oxygen atoms in total. The lowest BCUT2D eigenvalue weighted by Gasteiger charge is -2.27. The van der Waals surface area contributed by atoms with Crippen LogP contribution < -0.4 is 14.8 Å². The first-order valence-electron chi connectivity index (χ1n) is 6.80. The van der Waals surface area contributed by atoms with Gasteiger partial charge in [0.15, 0.2) is 0 Å². The SMILES string of the molecule is COc1ccc2c(c1)OCCC2NCc1cccnc1. The van der Waals surface area contributed by atoms with E-state index < -0.39 is 0 Å². The van der Waals surface area contributed by atoms with Crippen molar-refractivity contribution in [1.29, 1.82) is 0 Å². The molecular formula is C16H18N2O2. The third-order valence-corrected chi connectivity index (χ3v) is 3.54. The van der Waals surface area contributed by atoms with Crippen LogP contribution in [-0.4, -0.2) is 18.7 Å². The minimum atomic E-state index is 0.310. The van der Waals surface area contributed by atoms with E-state index in [1.807, 2.05) is 24.4 Å². The Labute approximate surface area is 118 Å². The van der Waals surface area contributed by atoms with Crippen molar-refractivity contribution in [3.05, 3.63) is 53.9 Å². The molecule has 0 spiro atoms. The normalized spacial score (nSPS) is 17.1. The molecule has 2 aromatic rings. The molecule has 0 saturated heterocycles. The zero-order chi connectivity index (χ0) is 13.8. The minimum Gasteiger partial charge on any atom is -0.497 e. The first-order chi connectivity index (χ1) is 9.86. The van der Waals surface area contributed by atoms with E-state index in [0.29, 0.717) is 6.04 Å². The fraction of sp³-hybridized carbons (Fsp3) is 0.312. The van der Waals surface area contributed by atoms with Crippen molar-refractivity contribution in [2.24, 2.45) is 0 Å². The molecule has 0 bridgehead atoms. The first kappa shape index (κ1) is 12.9. The van der Waals surface area contributed by atoms with Gasteiger partial charge in [-0.1, -0.05) is 12.1 Å². The van der Waals surface area contributed by atoms with Gasteiger partial charge in [0.2, 0.25) is 0 Å². The monoisotopic (exact) mass is 270 g/mol. The Hall–Kier alpha value is -2.07. The summed E-state index contributed by atoms with van der Waals surface area (Å²) in [6, 6.07) is 10.4. The highest BCUT2D eigenvalue weighted by Crippen LogP contribution is 2.34. The van der Waals surface area contributed by atoms with Gasteiger partial charge in [-0.15, -0.1) is 0 Å². The maximum absolute atomic E-state index is 5.72. The summed E-state index contributed by atoms with van der Waals surface area (Å²) >= 11 is 0. The second-order valence-corrected chi connectivity index (χ2v) is 4.84. The van der Waals surface area contributed by atoms with Crippen LogP contribution in [0.1, 0.15) is 23.6 Å². The van der Waals surface area contributed by atoms with Crippen LogP contribution >= 0.6 is 0 Å². The zero-order valence-electron chi connectivity index (χ0n) is 11.5. The molecule has 1 aromatic carbocycles. The summed E-state index contributed by atoms with van der Waals surface area (Å²) in [7, 11) is 1.67. The first-order valence-corrected chi connectivity index (χ1v) is 6.80. The molecule has 104 valence electrons. The van der Waals surface area contributed by atoms with Gasteiger partial charge >= 0.3 is 0 Å². The molecule has 20 heavy (non-hydrogen) atoms. The molecule has 0 radical (unpaired) electrons. The number of fused-ring (bicyclic) bond motifs is 1. The van der Waals surface area contributed by atoms with Gasteiger partial charge in [0.1, 0.15) is 11.5 Å². The number of hydrogen-bond donors (Lipinski definition) is 1. The predicted octanol–water partition coefficient (Wildman–Crippen LogP) is 2.70. The second-order valence-electron chi connectivity index (χ2n) is 4.84. The number of methoxy groups -OCH3 is 1. The smallest absolute Gasteiger partial charge is 0.127 e. The molecule has 0 amide bonds. The van der Waals surface area contributed by atoms with Crippen LogP contribution in [0, 0.1) is 0 Å². The van der Waals surface area contributed by atoms with Crippen molar-refractivity contribution < 1.29 is 9.47 Å². The molecule has 3 rings (SSSR count). The van der Waals surface area contributed by atoms with Crippen LogP contribution in [0.5, 0.6) is 11.5 Å². The number of nitrogens with zero attached hydrogens (tertiary/aromatic N) is 1. The molecule has 4 heteroatoms. The van der Waals surface area contributed by atoms with Gasteiger partial charge in [-0.3, -0.25) is 4.98 Å². The Bertz CT molecular complexity index is 572. The van der Waals surface area contributed by atoms with Crippen molar-refractivity contribution in [2.75, 3.05) is 13.7 Å². The third-order valence-electron chi connectivity index (χ3n) is 3.54. The Morgan fingerprint density at radius 1 is 1.40 bits per heavy atom. The van der Waals surface area contributed by atoms with Crippen LogP contribution in [0.3, 0.4) is 0 Å². The molecule has 1 aliphatic heterocycles. The van der Waals surface area contributed by atoms with E-state index in [9.17, 15) is 0 Å². The lowest BCUT2D eigenvalue weighted by atomic mass is 10.00.